The maximum Gasteiger partial charge on any atom is 0.248 e. The highest BCUT2D eigenvalue weighted by atomic mass is 79.9. The van der Waals surface area contributed by atoms with Crippen LogP contribution in [-0.2, 0) is 10.0 Å². The summed E-state index contributed by atoms with van der Waals surface area (Å²) < 4.78 is 50.9. The molecular formula is C9H7BrF2N2O2S. The summed E-state index contributed by atoms with van der Waals surface area (Å²) in [6.45, 7) is 1.15. The quantitative estimate of drug-likeness (QED) is 0.928. The smallest absolute Gasteiger partial charge is 0.248 e. The third-order valence-corrected chi connectivity index (χ3v) is 4.05. The van der Waals surface area contributed by atoms with Crippen molar-refractivity contribution in [2.24, 2.45) is 0 Å². The minimum absolute atomic E-state index is 0.0799. The van der Waals surface area contributed by atoms with E-state index in [2.05, 4.69) is 15.9 Å². The molecule has 0 amide bonds. The number of hydrogen-bond acceptors (Lipinski definition) is 3. The molecule has 0 spiro atoms. The fourth-order valence-electron chi connectivity index (χ4n) is 0.940. The molecule has 17 heavy (non-hydrogen) atoms. The molecule has 1 aromatic rings. The Morgan fingerprint density at radius 3 is 2.53 bits per heavy atom. The lowest BCUT2D eigenvalue weighted by Gasteiger charge is -2.11. The number of halogens is 3. The number of benzene rings is 1. The van der Waals surface area contributed by atoms with Crippen LogP contribution in [0.5, 0.6) is 0 Å². The molecule has 0 radical (unpaired) electrons. The third kappa shape index (κ3) is 3.14. The second-order valence-corrected chi connectivity index (χ2v) is 6.02. The van der Waals surface area contributed by atoms with Gasteiger partial charge in [0.25, 0.3) is 0 Å². The van der Waals surface area contributed by atoms with Gasteiger partial charge in [0.1, 0.15) is 5.82 Å². The Bertz CT molecular complexity index is 560. The average molecular weight is 325 g/mol. The molecule has 0 saturated heterocycles. The van der Waals surface area contributed by atoms with Crippen molar-refractivity contribution in [3.05, 3.63) is 28.2 Å². The zero-order valence-corrected chi connectivity index (χ0v) is 10.9. The van der Waals surface area contributed by atoms with E-state index < -0.39 is 32.6 Å². The molecule has 1 N–H and O–H groups in total. The van der Waals surface area contributed by atoms with E-state index in [9.17, 15) is 17.2 Å². The number of rotatable bonds is 3. The lowest BCUT2D eigenvalue weighted by atomic mass is 10.3. The maximum atomic E-state index is 13.3. The highest BCUT2D eigenvalue weighted by Crippen LogP contribution is 2.28. The van der Waals surface area contributed by atoms with E-state index in [-0.39, 0.29) is 4.47 Å². The maximum absolute atomic E-state index is 13.3. The van der Waals surface area contributed by atoms with Crippen LogP contribution in [0.15, 0.2) is 16.6 Å². The number of nitrogens with zero attached hydrogens (tertiary/aromatic N) is 1. The largest absolute Gasteiger partial charge is 0.278 e. The van der Waals surface area contributed by atoms with Crippen LogP contribution < -0.4 is 4.72 Å². The molecule has 1 aromatic carbocycles. The summed E-state index contributed by atoms with van der Waals surface area (Å²) in [5, 5.41) is 7.15. The average Bonchev–Trinajstić information content (AvgIpc) is 2.22. The van der Waals surface area contributed by atoms with Gasteiger partial charge in [0.15, 0.2) is 11.1 Å². The standard InChI is InChI=1S/C9H7BrF2N2O2S/c1-5(4-13)17(15,16)14-9-7(10)2-6(11)3-8(9)12/h2-3,5,14H,1H3. The zero-order chi connectivity index (χ0) is 13.2. The highest BCUT2D eigenvalue weighted by Gasteiger charge is 2.23. The molecule has 92 valence electrons. The monoisotopic (exact) mass is 324 g/mol. The Morgan fingerprint density at radius 1 is 1.47 bits per heavy atom. The molecule has 1 unspecified atom stereocenters. The Kier molecular flexibility index (Phi) is 4.06. The van der Waals surface area contributed by atoms with Crippen molar-refractivity contribution in [1.29, 1.82) is 5.26 Å². The fraction of sp³-hybridized carbons (Fsp3) is 0.222. The van der Waals surface area contributed by atoms with Crippen LogP contribution >= 0.6 is 15.9 Å². The van der Waals surface area contributed by atoms with Crippen molar-refractivity contribution in [3.63, 3.8) is 0 Å². The number of hydrogen-bond donors (Lipinski definition) is 1. The molecule has 8 heteroatoms. The van der Waals surface area contributed by atoms with E-state index in [1.165, 1.54) is 6.07 Å². The third-order valence-electron chi connectivity index (χ3n) is 1.90. The van der Waals surface area contributed by atoms with E-state index in [1.54, 1.807) is 0 Å². The molecule has 0 aliphatic rings. The van der Waals surface area contributed by atoms with Gasteiger partial charge >= 0.3 is 0 Å². The lowest BCUT2D eigenvalue weighted by molar-refractivity contribution is 0.580. The van der Waals surface area contributed by atoms with Gasteiger partial charge in [0.2, 0.25) is 10.0 Å². The van der Waals surface area contributed by atoms with Crippen molar-refractivity contribution in [3.8, 4) is 6.07 Å². The highest BCUT2D eigenvalue weighted by molar-refractivity contribution is 9.10. The van der Waals surface area contributed by atoms with Gasteiger partial charge in [-0.1, -0.05) is 0 Å². The Hall–Kier alpha value is -1.20. The second kappa shape index (κ2) is 4.98. The van der Waals surface area contributed by atoms with Crippen LogP contribution in [0.25, 0.3) is 0 Å². The summed E-state index contributed by atoms with van der Waals surface area (Å²) in [7, 11) is -4.02. The van der Waals surface area contributed by atoms with Gasteiger partial charge in [-0.05, 0) is 28.9 Å². The van der Waals surface area contributed by atoms with Crippen LogP contribution in [0.2, 0.25) is 0 Å². The van der Waals surface area contributed by atoms with Gasteiger partial charge in [-0.15, -0.1) is 0 Å². The topological polar surface area (TPSA) is 70.0 Å². The van der Waals surface area contributed by atoms with Gasteiger partial charge < -0.3 is 0 Å². The van der Waals surface area contributed by atoms with Crippen molar-refractivity contribution in [2.75, 3.05) is 4.72 Å². The van der Waals surface area contributed by atoms with Gasteiger partial charge in [-0.25, -0.2) is 17.2 Å². The normalized spacial score (nSPS) is 12.9. The van der Waals surface area contributed by atoms with Crippen molar-refractivity contribution in [2.45, 2.75) is 12.2 Å². The summed E-state index contributed by atoms with van der Waals surface area (Å²) >= 11 is 2.83. The molecule has 4 nitrogen and oxygen atoms in total. The summed E-state index contributed by atoms with van der Waals surface area (Å²) in [6, 6.07) is 2.97. The molecule has 1 rings (SSSR count). The fourth-order valence-corrected chi connectivity index (χ4v) is 2.39. The number of nitrogens with one attached hydrogen (secondary N) is 1. The van der Waals surface area contributed by atoms with Crippen LogP contribution in [0.4, 0.5) is 14.5 Å². The van der Waals surface area contributed by atoms with Crippen LogP contribution in [-0.4, -0.2) is 13.7 Å². The Morgan fingerprint density at radius 2 is 2.06 bits per heavy atom. The van der Waals surface area contributed by atoms with Crippen molar-refractivity contribution < 1.29 is 17.2 Å². The van der Waals surface area contributed by atoms with Crippen LogP contribution in [0.1, 0.15) is 6.92 Å². The van der Waals surface area contributed by atoms with E-state index in [0.29, 0.717) is 6.07 Å². The molecule has 0 saturated carbocycles. The Labute approximate surface area is 105 Å². The number of nitriles is 1. The number of anilines is 1. The first kappa shape index (κ1) is 13.9. The summed E-state index contributed by atoms with van der Waals surface area (Å²) in [5.74, 6) is -1.91. The first-order chi connectivity index (χ1) is 7.77. The molecule has 0 heterocycles. The molecule has 0 aliphatic carbocycles. The van der Waals surface area contributed by atoms with Gasteiger partial charge in [0, 0.05) is 10.5 Å². The molecule has 1 atom stereocenters. The zero-order valence-electron chi connectivity index (χ0n) is 8.54. The van der Waals surface area contributed by atoms with E-state index >= 15 is 0 Å². The Balaban J connectivity index is 3.18. The second-order valence-electron chi connectivity index (χ2n) is 3.16. The molecule has 0 bridgehead atoms. The first-order valence-corrected chi connectivity index (χ1v) is 6.67. The number of sulfonamides is 1. The van der Waals surface area contributed by atoms with Crippen molar-refractivity contribution in [1.82, 2.24) is 0 Å². The first-order valence-electron chi connectivity index (χ1n) is 4.33. The summed E-state index contributed by atoms with van der Waals surface area (Å²) in [4.78, 5) is 0. The predicted octanol–water partition coefficient (Wildman–Crippen LogP) is 2.38. The molecular weight excluding hydrogens is 318 g/mol. The van der Waals surface area contributed by atoms with Gasteiger partial charge in [-0.2, -0.15) is 5.26 Å². The van der Waals surface area contributed by atoms with E-state index in [4.69, 9.17) is 5.26 Å². The van der Waals surface area contributed by atoms with Crippen LogP contribution in [0.3, 0.4) is 0 Å². The molecule has 0 fully saturated rings. The van der Waals surface area contributed by atoms with Gasteiger partial charge in [-0.3, -0.25) is 4.72 Å². The van der Waals surface area contributed by atoms with Gasteiger partial charge in [0.05, 0.1) is 11.8 Å². The minimum Gasteiger partial charge on any atom is -0.278 e. The van der Waals surface area contributed by atoms with Crippen LogP contribution in [0, 0.1) is 23.0 Å². The predicted molar refractivity (Wildman–Crippen MR) is 61.7 cm³/mol. The summed E-state index contributed by atoms with van der Waals surface area (Å²) in [5.41, 5.74) is -0.423. The molecule has 0 aliphatic heterocycles. The molecule has 0 aromatic heterocycles. The summed E-state index contributed by atoms with van der Waals surface area (Å²) in [6.07, 6.45) is 0. The SMILES string of the molecule is CC(C#N)S(=O)(=O)Nc1c(F)cc(F)cc1Br. The van der Waals surface area contributed by atoms with E-state index in [1.807, 2.05) is 4.72 Å². The lowest BCUT2D eigenvalue weighted by Crippen LogP contribution is -2.24. The van der Waals surface area contributed by atoms with Crippen molar-refractivity contribution >= 4 is 31.6 Å². The van der Waals surface area contributed by atoms with E-state index in [0.717, 1.165) is 13.0 Å². The minimum atomic E-state index is -4.02.